The zero-order valence-corrected chi connectivity index (χ0v) is 20.5. The molecule has 35 heavy (non-hydrogen) atoms. The van der Waals surface area contributed by atoms with Gasteiger partial charge in [0.25, 0.3) is 0 Å². The van der Waals surface area contributed by atoms with Gasteiger partial charge in [0.15, 0.2) is 0 Å². The number of carboxylic acids is 1. The lowest BCUT2D eigenvalue weighted by Crippen LogP contribution is -2.14. The fourth-order valence-corrected chi connectivity index (χ4v) is 4.14. The number of hydrogen-bond donors (Lipinski definition) is 3. The molecular weight excluding hydrogens is 466 g/mol. The Bertz CT molecular complexity index is 1380. The molecule has 0 aliphatic carbocycles. The normalized spacial score (nSPS) is 11.0. The fraction of sp³-hybridized carbons (Fsp3) is 0.200. The van der Waals surface area contributed by atoms with Crippen LogP contribution in [0.25, 0.3) is 22.0 Å². The molecule has 10 heteroatoms. The molecular formula is C25H25N5O4S. The number of carboxylic acid groups (broad SMARTS) is 1. The van der Waals surface area contributed by atoms with Crippen LogP contribution in [-0.2, 0) is 0 Å². The third-order valence-corrected chi connectivity index (χ3v) is 6.16. The van der Waals surface area contributed by atoms with Gasteiger partial charge in [-0.25, -0.2) is 9.78 Å². The highest BCUT2D eigenvalue weighted by atomic mass is 32.2. The first-order valence-electron chi connectivity index (χ1n) is 10.8. The first-order valence-corrected chi connectivity index (χ1v) is 11.6. The van der Waals surface area contributed by atoms with Gasteiger partial charge in [-0.3, -0.25) is 9.71 Å². The number of hydrogen-bond acceptors (Lipinski definition) is 9. The fourth-order valence-electron chi connectivity index (χ4n) is 3.41. The summed E-state index contributed by atoms with van der Waals surface area (Å²) in [6.45, 7) is 4.11. The number of nitrogens with one attached hydrogen (secondary N) is 2. The van der Waals surface area contributed by atoms with Crippen LogP contribution in [0, 0.1) is 0 Å². The molecule has 2 heterocycles. The summed E-state index contributed by atoms with van der Waals surface area (Å²) >= 11 is 1.47. The van der Waals surface area contributed by atoms with Gasteiger partial charge in [0.1, 0.15) is 0 Å². The summed E-state index contributed by atoms with van der Waals surface area (Å²) < 4.78 is 13.9. The molecule has 0 amide bonds. The van der Waals surface area contributed by atoms with Crippen molar-refractivity contribution in [2.45, 2.75) is 24.8 Å². The number of fused-ring (bicyclic) bond motifs is 1. The standard InChI is InChI=1S/C25H25N5O4S/c1-14(2)30-35-21-13-26-20-11-15(19-12-27-25(34-4)29-23(19)33-3)8-9-18(20)22(21)28-17-7-5-6-16(10-17)24(31)32/h5-14,30H,1-4H3,(H,26,28)(H,31,32). The second kappa shape index (κ2) is 10.6. The summed E-state index contributed by atoms with van der Waals surface area (Å²) in [5, 5.41) is 13.7. The monoisotopic (exact) mass is 491 g/mol. The zero-order chi connectivity index (χ0) is 24.9. The van der Waals surface area contributed by atoms with E-state index in [4.69, 9.17) is 9.47 Å². The molecule has 180 valence electrons. The summed E-state index contributed by atoms with van der Waals surface area (Å²) in [5.41, 5.74) is 3.98. The molecule has 0 aliphatic rings. The van der Waals surface area contributed by atoms with Gasteiger partial charge in [0.2, 0.25) is 5.88 Å². The Kier molecular flexibility index (Phi) is 7.33. The van der Waals surface area contributed by atoms with Crippen LogP contribution in [-0.4, -0.2) is 46.3 Å². The van der Waals surface area contributed by atoms with Crippen molar-refractivity contribution in [3.05, 3.63) is 60.4 Å². The quantitative estimate of drug-likeness (QED) is 0.271. The van der Waals surface area contributed by atoms with E-state index in [9.17, 15) is 9.90 Å². The van der Waals surface area contributed by atoms with E-state index in [-0.39, 0.29) is 17.6 Å². The Labute approximate surface area is 207 Å². The number of anilines is 2. The van der Waals surface area contributed by atoms with Gasteiger partial charge >= 0.3 is 12.0 Å². The van der Waals surface area contributed by atoms with Crippen LogP contribution in [0.5, 0.6) is 11.9 Å². The average molecular weight is 492 g/mol. The lowest BCUT2D eigenvalue weighted by atomic mass is 10.0. The Morgan fingerprint density at radius 2 is 1.89 bits per heavy atom. The lowest BCUT2D eigenvalue weighted by molar-refractivity contribution is 0.0697. The van der Waals surface area contributed by atoms with Crippen LogP contribution in [0.4, 0.5) is 11.4 Å². The average Bonchev–Trinajstić information content (AvgIpc) is 2.87. The van der Waals surface area contributed by atoms with Crippen LogP contribution in [0.2, 0.25) is 0 Å². The molecule has 0 aliphatic heterocycles. The minimum absolute atomic E-state index is 0.205. The maximum atomic E-state index is 11.4. The molecule has 0 unspecified atom stereocenters. The number of nitrogens with zero attached hydrogens (tertiary/aromatic N) is 3. The van der Waals surface area contributed by atoms with Gasteiger partial charge in [0.05, 0.1) is 41.4 Å². The first-order chi connectivity index (χ1) is 16.9. The Hall–Kier alpha value is -3.89. The lowest BCUT2D eigenvalue weighted by Gasteiger charge is -2.17. The van der Waals surface area contributed by atoms with Crippen molar-refractivity contribution in [3.63, 3.8) is 0 Å². The number of aromatic carboxylic acids is 1. The zero-order valence-electron chi connectivity index (χ0n) is 19.7. The van der Waals surface area contributed by atoms with E-state index in [0.29, 0.717) is 17.1 Å². The van der Waals surface area contributed by atoms with Crippen molar-refractivity contribution < 1.29 is 19.4 Å². The van der Waals surface area contributed by atoms with Gasteiger partial charge in [-0.2, -0.15) is 4.98 Å². The van der Waals surface area contributed by atoms with E-state index in [2.05, 4.69) is 38.8 Å². The maximum absolute atomic E-state index is 11.4. The van der Waals surface area contributed by atoms with Crippen molar-refractivity contribution in [1.29, 1.82) is 0 Å². The third-order valence-electron chi connectivity index (χ3n) is 5.04. The van der Waals surface area contributed by atoms with Crippen molar-refractivity contribution in [2.24, 2.45) is 0 Å². The van der Waals surface area contributed by atoms with E-state index in [1.807, 2.05) is 24.3 Å². The highest BCUT2D eigenvalue weighted by Gasteiger charge is 2.15. The minimum Gasteiger partial charge on any atom is -0.480 e. The van der Waals surface area contributed by atoms with E-state index in [1.54, 1.807) is 37.7 Å². The predicted octanol–water partition coefficient (Wildman–Crippen LogP) is 5.16. The maximum Gasteiger partial charge on any atom is 0.335 e. The van der Waals surface area contributed by atoms with Crippen molar-refractivity contribution >= 4 is 40.2 Å². The Morgan fingerprint density at radius 3 is 2.60 bits per heavy atom. The van der Waals surface area contributed by atoms with Gasteiger partial charge < -0.3 is 19.9 Å². The van der Waals surface area contributed by atoms with Crippen LogP contribution < -0.4 is 19.5 Å². The minimum atomic E-state index is -0.982. The summed E-state index contributed by atoms with van der Waals surface area (Å²) in [6, 6.07) is 13.0. The molecule has 0 saturated heterocycles. The third kappa shape index (κ3) is 5.44. The van der Waals surface area contributed by atoms with Crippen molar-refractivity contribution in [2.75, 3.05) is 19.5 Å². The largest absolute Gasteiger partial charge is 0.480 e. The molecule has 3 N–H and O–H groups in total. The summed E-state index contributed by atoms with van der Waals surface area (Å²) in [6.07, 6.45) is 3.44. The second-order valence-corrected chi connectivity index (χ2v) is 8.77. The van der Waals surface area contributed by atoms with Gasteiger partial charge in [-0.15, -0.1) is 0 Å². The number of ether oxygens (including phenoxy) is 2. The van der Waals surface area contributed by atoms with E-state index in [0.717, 1.165) is 27.0 Å². The molecule has 0 saturated carbocycles. The van der Waals surface area contributed by atoms with Crippen LogP contribution in [0.3, 0.4) is 0 Å². The highest BCUT2D eigenvalue weighted by Crippen LogP contribution is 2.37. The smallest absolute Gasteiger partial charge is 0.335 e. The molecule has 2 aromatic carbocycles. The summed E-state index contributed by atoms with van der Waals surface area (Å²) in [4.78, 5) is 25.5. The predicted molar refractivity (Wildman–Crippen MR) is 137 cm³/mol. The first kappa shape index (κ1) is 24.2. The van der Waals surface area contributed by atoms with Crippen LogP contribution >= 0.6 is 11.9 Å². The second-order valence-electron chi connectivity index (χ2n) is 7.89. The molecule has 9 nitrogen and oxygen atoms in total. The Balaban J connectivity index is 1.80. The van der Waals surface area contributed by atoms with Crippen LogP contribution in [0.1, 0.15) is 24.2 Å². The number of methoxy groups -OCH3 is 2. The number of carbonyl (C=O) groups is 1. The van der Waals surface area contributed by atoms with E-state index >= 15 is 0 Å². The molecule has 0 radical (unpaired) electrons. The Morgan fingerprint density at radius 1 is 1.06 bits per heavy atom. The van der Waals surface area contributed by atoms with Crippen molar-refractivity contribution in [1.82, 2.24) is 19.7 Å². The number of pyridine rings is 1. The molecule has 4 aromatic rings. The molecule has 0 fully saturated rings. The van der Waals surface area contributed by atoms with Gasteiger partial charge in [-0.05, 0) is 55.6 Å². The molecule has 0 bridgehead atoms. The van der Waals surface area contributed by atoms with E-state index < -0.39 is 5.97 Å². The summed E-state index contributed by atoms with van der Waals surface area (Å²) in [7, 11) is 3.04. The molecule has 0 atom stereocenters. The van der Waals surface area contributed by atoms with Gasteiger partial charge in [0, 0.05) is 29.5 Å². The topological polar surface area (TPSA) is 118 Å². The summed E-state index contributed by atoms with van der Waals surface area (Å²) in [5.74, 6) is -0.585. The highest BCUT2D eigenvalue weighted by molar-refractivity contribution is 7.97. The van der Waals surface area contributed by atoms with Gasteiger partial charge in [-0.1, -0.05) is 18.2 Å². The molecule has 0 spiro atoms. The molecule has 2 aromatic heterocycles. The number of rotatable bonds is 9. The van der Waals surface area contributed by atoms with E-state index in [1.165, 1.54) is 19.1 Å². The van der Waals surface area contributed by atoms with Crippen molar-refractivity contribution in [3.8, 4) is 23.0 Å². The SMILES string of the molecule is COc1ncc(-c2ccc3c(Nc4cccc(C(=O)O)c4)c(SNC(C)C)cnc3c2)c(OC)n1. The molecule has 4 rings (SSSR count). The van der Waals surface area contributed by atoms with Crippen LogP contribution in [0.15, 0.2) is 59.8 Å². The number of aromatic nitrogens is 3. The number of benzene rings is 2.